The van der Waals surface area contributed by atoms with E-state index in [0.717, 1.165) is 18.4 Å². The van der Waals surface area contributed by atoms with E-state index < -0.39 is 5.60 Å². The molecule has 0 radical (unpaired) electrons. The Morgan fingerprint density at radius 1 is 1.23 bits per heavy atom. The normalized spacial score (nSPS) is 22.2. The first-order valence-corrected chi connectivity index (χ1v) is 8.93. The molecule has 0 aliphatic heterocycles. The number of halogens is 1. The second-order valence-electron chi connectivity index (χ2n) is 6.58. The Labute approximate surface area is 157 Å². The van der Waals surface area contributed by atoms with Gasteiger partial charge in [0.2, 0.25) is 0 Å². The minimum atomic E-state index is -1.16. The minimum absolute atomic E-state index is 0.0585. The fourth-order valence-electron chi connectivity index (χ4n) is 3.17. The Morgan fingerprint density at radius 3 is 2.81 bits per heavy atom. The highest BCUT2D eigenvalue weighted by molar-refractivity contribution is 6.30. The number of carbonyl (C=O) groups is 1. The van der Waals surface area contributed by atoms with Crippen molar-refractivity contribution >= 4 is 17.5 Å². The molecule has 1 aliphatic rings. The monoisotopic (exact) mass is 369 g/mol. The van der Waals surface area contributed by atoms with Crippen molar-refractivity contribution in [3.63, 3.8) is 0 Å². The summed E-state index contributed by atoms with van der Waals surface area (Å²) in [4.78, 5) is 12.4. The van der Waals surface area contributed by atoms with E-state index in [0.29, 0.717) is 17.9 Å². The third kappa shape index (κ3) is 4.57. The van der Waals surface area contributed by atoms with E-state index in [1.807, 2.05) is 12.1 Å². The summed E-state index contributed by atoms with van der Waals surface area (Å²) in [6, 6.07) is 13.4. The Kier molecular flexibility index (Phi) is 5.51. The molecule has 1 amide bonds. The van der Waals surface area contributed by atoms with Crippen LogP contribution in [0.1, 0.15) is 41.6 Å². The molecule has 2 aromatic rings. The molecule has 26 heavy (non-hydrogen) atoms. The van der Waals surface area contributed by atoms with Gasteiger partial charge in [0.05, 0.1) is 5.56 Å². The van der Waals surface area contributed by atoms with Gasteiger partial charge in [-0.15, -0.1) is 0 Å². The molecular formula is C21H20ClNO3. The highest BCUT2D eigenvalue weighted by atomic mass is 35.5. The molecule has 5 heteroatoms. The zero-order valence-electron chi connectivity index (χ0n) is 14.2. The van der Waals surface area contributed by atoms with Crippen LogP contribution < -0.4 is 5.32 Å². The number of aliphatic hydroxyl groups is 1. The van der Waals surface area contributed by atoms with Gasteiger partial charge in [0.15, 0.2) is 0 Å². The molecule has 0 bridgehead atoms. The summed E-state index contributed by atoms with van der Waals surface area (Å²) in [5.74, 6) is 5.51. The maximum absolute atomic E-state index is 12.4. The van der Waals surface area contributed by atoms with Gasteiger partial charge in [0.1, 0.15) is 11.4 Å². The van der Waals surface area contributed by atoms with Gasteiger partial charge in [-0.25, -0.2) is 0 Å². The average Bonchev–Trinajstić information content (AvgIpc) is 2.61. The van der Waals surface area contributed by atoms with Crippen molar-refractivity contribution in [1.82, 2.24) is 5.32 Å². The molecule has 1 unspecified atom stereocenters. The first-order valence-electron chi connectivity index (χ1n) is 8.55. The number of benzene rings is 2. The van der Waals surface area contributed by atoms with Gasteiger partial charge in [-0.1, -0.05) is 41.6 Å². The van der Waals surface area contributed by atoms with Crippen LogP contribution in [0.15, 0.2) is 48.5 Å². The quantitative estimate of drug-likeness (QED) is 0.709. The van der Waals surface area contributed by atoms with Crippen LogP contribution in [0.5, 0.6) is 5.75 Å². The molecule has 1 saturated carbocycles. The van der Waals surface area contributed by atoms with Crippen molar-refractivity contribution in [1.29, 1.82) is 0 Å². The van der Waals surface area contributed by atoms with Gasteiger partial charge in [0, 0.05) is 23.0 Å². The predicted molar refractivity (Wildman–Crippen MR) is 101 cm³/mol. The van der Waals surface area contributed by atoms with Crippen molar-refractivity contribution in [3.8, 4) is 17.6 Å². The number of carbonyl (C=O) groups excluding carboxylic acids is 1. The Morgan fingerprint density at radius 2 is 2.04 bits per heavy atom. The third-order valence-electron chi connectivity index (χ3n) is 4.48. The summed E-state index contributed by atoms with van der Waals surface area (Å²) in [5.41, 5.74) is -0.185. The topological polar surface area (TPSA) is 69.6 Å². The highest BCUT2D eigenvalue weighted by Gasteiger charge is 2.33. The van der Waals surface area contributed by atoms with Gasteiger partial charge in [0.25, 0.3) is 5.91 Å². The standard InChI is InChI=1S/C21H20ClNO3/c22-16-6-3-5-15(13-16)10-12-21(26)11-4-7-17(14-21)23-20(25)18-8-1-2-9-19(18)24/h1-3,5-6,8-9,13,17,24,26H,4,7,11,14H2,(H,23,25)/t17-,21?/m0/s1. The van der Waals surface area contributed by atoms with Crippen LogP contribution in [0, 0.1) is 11.8 Å². The van der Waals surface area contributed by atoms with E-state index in [-0.39, 0.29) is 23.3 Å². The summed E-state index contributed by atoms with van der Waals surface area (Å²) in [5, 5.41) is 24.1. The molecule has 2 aromatic carbocycles. The molecule has 0 spiro atoms. The Bertz CT molecular complexity index is 871. The van der Waals surface area contributed by atoms with Crippen LogP contribution in [-0.4, -0.2) is 27.8 Å². The molecule has 2 atom stereocenters. The van der Waals surface area contributed by atoms with Gasteiger partial charge in [-0.2, -0.15) is 0 Å². The van der Waals surface area contributed by atoms with Gasteiger partial charge >= 0.3 is 0 Å². The van der Waals surface area contributed by atoms with E-state index >= 15 is 0 Å². The fraction of sp³-hybridized carbons (Fsp3) is 0.286. The zero-order chi connectivity index (χ0) is 18.6. The van der Waals surface area contributed by atoms with Crippen molar-refractivity contribution in [2.24, 2.45) is 0 Å². The number of hydrogen-bond acceptors (Lipinski definition) is 3. The molecule has 1 fully saturated rings. The van der Waals surface area contributed by atoms with Crippen molar-refractivity contribution < 1.29 is 15.0 Å². The lowest BCUT2D eigenvalue weighted by Crippen LogP contribution is -2.45. The molecule has 134 valence electrons. The van der Waals surface area contributed by atoms with Crippen molar-refractivity contribution in [2.75, 3.05) is 0 Å². The van der Waals surface area contributed by atoms with E-state index in [2.05, 4.69) is 17.2 Å². The third-order valence-corrected chi connectivity index (χ3v) is 4.71. The second kappa shape index (κ2) is 7.82. The van der Waals surface area contributed by atoms with Crippen molar-refractivity contribution in [3.05, 3.63) is 64.7 Å². The number of aromatic hydroxyl groups is 1. The number of para-hydroxylation sites is 1. The van der Waals surface area contributed by atoms with Crippen LogP contribution in [-0.2, 0) is 0 Å². The van der Waals surface area contributed by atoms with E-state index in [1.54, 1.807) is 30.3 Å². The smallest absolute Gasteiger partial charge is 0.255 e. The number of phenolic OH excluding ortho intramolecular Hbond substituents is 1. The van der Waals surface area contributed by atoms with Crippen LogP contribution >= 0.6 is 11.6 Å². The molecule has 3 rings (SSSR count). The SMILES string of the molecule is O=C(N[C@H]1CCCC(O)(C#Cc2cccc(Cl)c2)C1)c1ccccc1O. The molecule has 4 nitrogen and oxygen atoms in total. The van der Waals surface area contributed by atoms with Gasteiger partial charge in [-0.05, 0) is 49.6 Å². The Hall–Kier alpha value is -2.48. The molecule has 0 heterocycles. The maximum Gasteiger partial charge on any atom is 0.255 e. The maximum atomic E-state index is 12.4. The number of hydrogen-bond donors (Lipinski definition) is 3. The van der Waals surface area contributed by atoms with Gasteiger partial charge in [-0.3, -0.25) is 4.79 Å². The summed E-state index contributed by atoms with van der Waals surface area (Å²) >= 11 is 5.95. The molecule has 3 N–H and O–H groups in total. The second-order valence-corrected chi connectivity index (χ2v) is 7.01. The summed E-state index contributed by atoms with van der Waals surface area (Å²) in [7, 11) is 0. The molecule has 0 aromatic heterocycles. The van der Waals surface area contributed by atoms with Crippen LogP contribution in [0.4, 0.5) is 0 Å². The number of nitrogens with one attached hydrogen (secondary N) is 1. The molecule has 0 saturated heterocycles. The summed E-state index contributed by atoms with van der Waals surface area (Å²) < 4.78 is 0. The molecule has 1 aliphatic carbocycles. The average molecular weight is 370 g/mol. The first kappa shape index (κ1) is 18.3. The number of phenols is 1. The number of rotatable bonds is 2. The Balaban J connectivity index is 1.69. The number of amides is 1. The van der Waals surface area contributed by atoms with Crippen LogP contribution in [0.3, 0.4) is 0 Å². The minimum Gasteiger partial charge on any atom is -0.507 e. The van der Waals surface area contributed by atoms with Gasteiger partial charge < -0.3 is 15.5 Å². The van der Waals surface area contributed by atoms with E-state index in [4.69, 9.17) is 11.6 Å². The predicted octanol–water partition coefficient (Wildman–Crippen LogP) is 3.50. The van der Waals surface area contributed by atoms with E-state index in [1.165, 1.54) is 6.07 Å². The molecular weight excluding hydrogens is 350 g/mol. The fourth-order valence-corrected chi connectivity index (χ4v) is 3.36. The largest absolute Gasteiger partial charge is 0.507 e. The lowest BCUT2D eigenvalue weighted by Gasteiger charge is -2.33. The lowest BCUT2D eigenvalue weighted by atomic mass is 9.82. The zero-order valence-corrected chi connectivity index (χ0v) is 15.0. The van der Waals surface area contributed by atoms with Crippen molar-refractivity contribution in [2.45, 2.75) is 37.3 Å². The van der Waals surface area contributed by atoms with E-state index in [9.17, 15) is 15.0 Å². The summed E-state index contributed by atoms with van der Waals surface area (Å²) in [6.07, 6.45) is 2.43. The highest BCUT2D eigenvalue weighted by Crippen LogP contribution is 2.28. The summed E-state index contributed by atoms with van der Waals surface area (Å²) in [6.45, 7) is 0. The van der Waals surface area contributed by atoms with Crippen LogP contribution in [0.2, 0.25) is 5.02 Å². The van der Waals surface area contributed by atoms with Crippen LogP contribution in [0.25, 0.3) is 0 Å². The first-order chi connectivity index (χ1) is 12.5. The lowest BCUT2D eigenvalue weighted by molar-refractivity contribution is 0.0452.